The van der Waals surface area contributed by atoms with Crippen molar-refractivity contribution in [2.45, 2.75) is 72.6 Å². The van der Waals surface area contributed by atoms with Crippen molar-refractivity contribution >= 4 is 18.1 Å². The van der Waals surface area contributed by atoms with Crippen molar-refractivity contribution in [1.82, 2.24) is 16.0 Å². The van der Waals surface area contributed by atoms with Gasteiger partial charge in [-0.2, -0.15) is 0 Å². The molecule has 0 heterocycles. The number of carbonyl (C=O) groups is 3. The van der Waals surface area contributed by atoms with Gasteiger partial charge in [0.2, 0.25) is 5.91 Å². The lowest BCUT2D eigenvalue weighted by Gasteiger charge is -2.27. The summed E-state index contributed by atoms with van der Waals surface area (Å²) in [5.74, 6) is -0.0237. The van der Waals surface area contributed by atoms with E-state index in [1.54, 1.807) is 20.8 Å². The van der Waals surface area contributed by atoms with Crippen LogP contribution in [0.15, 0.2) is 0 Å². The molecule has 3 N–H and O–H groups in total. The molecule has 0 bridgehead atoms. The minimum absolute atomic E-state index is 0.0833. The number of hydrogen-bond donors (Lipinski definition) is 3. The summed E-state index contributed by atoms with van der Waals surface area (Å²) in [5.41, 5.74) is -0.596. The predicted octanol–water partition coefficient (Wildman–Crippen LogP) is 2.42. The molecule has 0 saturated heterocycles. The third-order valence-corrected chi connectivity index (χ3v) is 3.50. The lowest BCUT2D eigenvalue weighted by atomic mass is 10.0. The summed E-state index contributed by atoms with van der Waals surface area (Å²) < 4.78 is 9.83. The van der Waals surface area contributed by atoms with E-state index in [4.69, 9.17) is 4.74 Å². The van der Waals surface area contributed by atoms with Crippen molar-refractivity contribution in [1.29, 1.82) is 0 Å². The Hall–Kier alpha value is -1.99. The molecule has 8 heteroatoms. The molecule has 0 radical (unpaired) electrons. The number of amides is 3. The predicted molar refractivity (Wildman–Crippen MR) is 99.8 cm³/mol. The molecule has 0 aromatic carbocycles. The Morgan fingerprint density at radius 3 is 1.96 bits per heavy atom. The van der Waals surface area contributed by atoms with Gasteiger partial charge >= 0.3 is 12.2 Å². The van der Waals surface area contributed by atoms with Gasteiger partial charge in [0.15, 0.2) is 0 Å². The highest BCUT2D eigenvalue weighted by Crippen LogP contribution is 2.09. The third kappa shape index (κ3) is 10.8. The van der Waals surface area contributed by atoms with Crippen LogP contribution in [-0.4, -0.2) is 49.4 Å². The van der Waals surface area contributed by atoms with Crippen LogP contribution in [0, 0.1) is 11.8 Å². The molecule has 3 amide bonds. The zero-order valence-electron chi connectivity index (χ0n) is 17.3. The van der Waals surface area contributed by atoms with Gasteiger partial charge < -0.3 is 25.4 Å². The molecule has 0 spiro atoms. The summed E-state index contributed by atoms with van der Waals surface area (Å²) in [7, 11) is 1.25. The largest absolute Gasteiger partial charge is 0.453 e. The van der Waals surface area contributed by atoms with E-state index in [1.807, 2.05) is 27.7 Å². The van der Waals surface area contributed by atoms with E-state index in [9.17, 15) is 14.4 Å². The lowest BCUT2D eigenvalue weighted by molar-refractivity contribution is -0.123. The number of nitrogens with one attached hydrogen (secondary N) is 3. The van der Waals surface area contributed by atoms with Crippen molar-refractivity contribution < 1.29 is 23.9 Å². The van der Waals surface area contributed by atoms with Crippen LogP contribution in [0.2, 0.25) is 0 Å². The number of methoxy groups -OCH3 is 1. The molecular formula is C18H35N3O5. The van der Waals surface area contributed by atoms with Gasteiger partial charge in [-0.1, -0.05) is 27.7 Å². The van der Waals surface area contributed by atoms with Gasteiger partial charge in [0.05, 0.1) is 13.2 Å². The zero-order chi connectivity index (χ0) is 20.5. The van der Waals surface area contributed by atoms with E-state index in [-0.39, 0.29) is 30.3 Å². The normalized spacial score (nSPS) is 13.8. The van der Waals surface area contributed by atoms with Crippen molar-refractivity contribution in [3.05, 3.63) is 0 Å². The molecule has 2 atom stereocenters. The minimum Gasteiger partial charge on any atom is -0.453 e. The van der Waals surface area contributed by atoms with Gasteiger partial charge in [-0.3, -0.25) is 4.79 Å². The van der Waals surface area contributed by atoms with E-state index in [2.05, 4.69) is 20.7 Å². The Bertz CT molecular complexity index is 472. The summed E-state index contributed by atoms with van der Waals surface area (Å²) in [4.78, 5) is 35.9. The Kier molecular flexibility index (Phi) is 10.0. The van der Waals surface area contributed by atoms with E-state index in [0.717, 1.165) is 0 Å². The second-order valence-corrected chi connectivity index (χ2v) is 8.06. The SMILES string of the molecule is COC(=O)N[C@@H](CC(C)C)C(=O)NC[C@@H](NC(=O)OC(C)(C)C)C(C)C. The number of alkyl carbamates (subject to hydrolysis) is 2. The molecule has 0 rings (SSSR count). The fourth-order valence-corrected chi connectivity index (χ4v) is 2.15. The van der Waals surface area contributed by atoms with Crippen LogP contribution < -0.4 is 16.0 Å². The first-order valence-corrected chi connectivity index (χ1v) is 8.97. The van der Waals surface area contributed by atoms with Crippen LogP contribution in [0.25, 0.3) is 0 Å². The van der Waals surface area contributed by atoms with Crippen LogP contribution in [0.1, 0.15) is 54.9 Å². The highest BCUT2D eigenvalue weighted by atomic mass is 16.6. The molecule has 0 aliphatic rings. The highest BCUT2D eigenvalue weighted by molar-refractivity contribution is 5.85. The smallest absolute Gasteiger partial charge is 0.407 e. The second kappa shape index (κ2) is 10.9. The van der Waals surface area contributed by atoms with Crippen LogP contribution in [-0.2, 0) is 14.3 Å². The summed E-state index contributed by atoms with van der Waals surface area (Å²) in [6.45, 7) is 13.4. The van der Waals surface area contributed by atoms with Crippen molar-refractivity contribution in [3.63, 3.8) is 0 Å². The summed E-state index contributed by atoms with van der Waals surface area (Å²) in [6.07, 6.45) is -0.706. The summed E-state index contributed by atoms with van der Waals surface area (Å²) in [5, 5.41) is 8.10. The first-order valence-electron chi connectivity index (χ1n) is 8.97. The first-order chi connectivity index (χ1) is 11.9. The Balaban J connectivity index is 4.79. The van der Waals surface area contributed by atoms with Gasteiger partial charge in [-0.05, 0) is 39.0 Å². The number of rotatable bonds is 8. The van der Waals surface area contributed by atoms with E-state index >= 15 is 0 Å². The average Bonchev–Trinajstić information content (AvgIpc) is 2.47. The van der Waals surface area contributed by atoms with E-state index < -0.39 is 23.8 Å². The Morgan fingerprint density at radius 1 is 0.962 bits per heavy atom. The molecule has 0 fully saturated rings. The molecule has 152 valence electrons. The van der Waals surface area contributed by atoms with Gasteiger partial charge in [0, 0.05) is 6.54 Å². The maximum atomic E-state index is 12.4. The first kappa shape index (κ1) is 24.0. The van der Waals surface area contributed by atoms with Gasteiger partial charge in [0.25, 0.3) is 0 Å². The van der Waals surface area contributed by atoms with Crippen LogP contribution >= 0.6 is 0 Å². The highest BCUT2D eigenvalue weighted by Gasteiger charge is 2.25. The van der Waals surface area contributed by atoms with Crippen LogP contribution in [0.3, 0.4) is 0 Å². The molecule has 0 aliphatic heterocycles. The Labute approximate surface area is 156 Å². The standard InChI is InChI=1S/C18H35N3O5/c1-11(2)9-13(20-16(23)25-8)15(22)19-10-14(12(3)4)21-17(24)26-18(5,6)7/h11-14H,9-10H2,1-8H3,(H,19,22)(H,20,23)(H,21,24)/t13-,14+/m0/s1. The summed E-state index contributed by atoms with van der Waals surface area (Å²) >= 11 is 0. The van der Waals surface area contributed by atoms with Crippen molar-refractivity contribution in [3.8, 4) is 0 Å². The monoisotopic (exact) mass is 373 g/mol. The number of carbonyl (C=O) groups excluding carboxylic acids is 3. The van der Waals surface area contributed by atoms with Crippen molar-refractivity contribution in [2.24, 2.45) is 11.8 Å². The third-order valence-electron chi connectivity index (χ3n) is 3.50. The van der Waals surface area contributed by atoms with Gasteiger partial charge in [-0.15, -0.1) is 0 Å². The second-order valence-electron chi connectivity index (χ2n) is 8.06. The molecule has 0 saturated carbocycles. The number of hydrogen-bond acceptors (Lipinski definition) is 5. The van der Waals surface area contributed by atoms with Gasteiger partial charge in [0.1, 0.15) is 11.6 Å². The Morgan fingerprint density at radius 2 is 1.54 bits per heavy atom. The lowest BCUT2D eigenvalue weighted by Crippen LogP contribution is -2.52. The maximum Gasteiger partial charge on any atom is 0.407 e. The molecule has 0 aliphatic carbocycles. The maximum absolute atomic E-state index is 12.4. The van der Waals surface area contributed by atoms with E-state index in [0.29, 0.717) is 6.42 Å². The molecular weight excluding hydrogens is 338 g/mol. The fraction of sp³-hybridized carbons (Fsp3) is 0.833. The van der Waals surface area contributed by atoms with Crippen molar-refractivity contribution in [2.75, 3.05) is 13.7 Å². The molecule has 26 heavy (non-hydrogen) atoms. The van der Waals surface area contributed by atoms with Crippen LogP contribution in [0.4, 0.5) is 9.59 Å². The average molecular weight is 373 g/mol. The topological polar surface area (TPSA) is 106 Å². The molecule has 0 aromatic rings. The van der Waals surface area contributed by atoms with Gasteiger partial charge in [-0.25, -0.2) is 9.59 Å². The fourth-order valence-electron chi connectivity index (χ4n) is 2.15. The quantitative estimate of drug-likeness (QED) is 0.606. The number of ether oxygens (including phenoxy) is 2. The summed E-state index contributed by atoms with van der Waals surface area (Å²) in [6, 6.07) is -0.997. The molecule has 8 nitrogen and oxygen atoms in total. The van der Waals surface area contributed by atoms with Crippen LogP contribution in [0.5, 0.6) is 0 Å². The minimum atomic E-state index is -0.697. The molecule has 0 unspecified atom stereocenters. The van der Waals surface area contributed by atoms with E-state index in [1.165, 1.54) is 7.11 Å². The zero-order valence-corrected chi connectivity index (χ0v) is 17.3. The molecule has 0 aromatic heterocycles.